The SMILES string of the molecule is COc1ccc(C(=O)CN(C(=O)c2ccc(Cl)c(Cl)c2)N2C(=O)[C@H]3C[C@H](C)CC[C@H]3C2=O)cc1. The van der Waals surface area contributed by atoms with E-state index < -0.39 is 41.9 Å². The normalized spacial score (nSPS) is 21.9. The first-order chi connectivity index (χ1) is 16.2. The van der Waals surface area contributed by atoms with Crippen LogP contribution in [0.1, 0.15) is 46.9 Å². The minimum absolute atomic E-state index is 0.112. The van der Waals surface area contributed by atoms with Crippen molar-refractivity contribution in [1.29, 1.82) is 0 Å². The largest absolute Gasteiger partial charge is 0.497 e. The van der Waals surface area contributed by atoms with Crippen LogP contribution in [0.4, 0.5) is 0 Å². The zero-order valence-electron chi connectivity index (χ0n) is 18.8. The summed E-state index contributed by atoms with van der Waals surface area (Å²) in [7, 11) is 1.51. The van der Waals surface area contributed by atoms with Crippen LogP contribution in [-0.2, 0) is 9.59 Å². The molecule has 4 rings (SSSR count). The van der Waals surface area contributed by atoms with E-state index in [0.29, 0.717) is 30.1 Å². The van der Waals surface area contributed by atoms with Gasteiger partial charge in [-0.3, -0.25) is 19.2 Å². The summed E-state index contributed by atoms with van der Waals surface area (Å²) in [5.74, 6) is -2.11. The summed E-state index contributed by atoms with van der Waals surface area (Å²) in [6.45, 7) is 1.56. The number of hydrogen-bond donors (Lipinski definition) is 0. The van der Waals surface area contributed by atoms with Gasteiger partial charge in [-0.2, -0.15) is 5.01 Å². The second-order valence-corrected chi connectivity index (χ2v) is 9.58. The lowest BCUT2D eigenvalue weighted by molar-refractivity contribution is -0.154. The summed E-state index contributed by atoms with van der Waals surface area (Å²) in [4.78, 5) is 53.3. The fraction of sp³-hybridized carbons (Fsp3) is 0.360. The van der Waals surface area contributed by atoms with Crippen molar-refractivity contribution in [2.24, 2.45) is 17.8 Å². The van der Waals surface area contributed by atoms with E-state index >= 15 is 0 Å². The summed E-state index contributed by atoms with van der Waals surface area (Å²) in [6.07, 6.45) is 1.99. The van der Waals surface area contributed by atoms with Gasteiger partial charge in [-0.1, -0.05) is 30.1 Å². The lowest BCUT2D eigenvalue weighted by Crippen LogP contribution is -2.52. The van der Waals surface area contributed by atoms with Gasteiger partial charge < -0.3 is 4.74 Å². The first kappa shape index (κ1) is 24.2. The number of benzene rings is 2. The third-order valence-electron chi connectivity index (χ3n) is 6.51. The first-order valence-corrected chi connectivity index (χ1v) is 11.8. The number of hydrazine groups is 1. The molecule has 3 atom stereocenters. The molecule has 178 valence electrons. The molecule has 3 amide bonds. The molecule has 7 nitrogen and oxygen atoms in total. The van der Waals surface area contributed by atoms with Gasteiger partial charge in [-0.05, 0) is 67.6 Å². The third kappa shape index (κ3) is 4.55. The van der Waals surface area contributed by atoms with E-state index in [1.54, 1.807) is 24.3 Å². The fourth-order valence-corrected chi connectivity index (χ4v) is 4.92. The smallest absolute Gasteiger partial charge is 0.273 e. The van der Waals surface area contributed by atoms with Crippen molar-refractivity contribution < 1.29 is 23.9 Å². The van der Waals surface area contributed by atoms with Crippen LogP contribution < -0.4 is 4.74 Å². The minimum atomic E-state index is -0.686. The Kier molecular flexibility index (Phi) is 6.96. The molecular weight excluding hydrogens is 479 g/mol. The lowest BCUT2D eigenvalue weighted by Gasteiger charge is -2.30. The Labute approximate surface area is 207 Å². The van der Waals surface area contributed by atoms with Gasteiger partial charge in [-0.25, -0.2) is 5.01 Å². The highest BCUT2D eigenvalue weighted by molar-refractivity contribution is 6.42. The van der Waals surface area contributed by atoms with Crippen LogP contribution in [0.2, 0.25) is 10.0 Å². The number of ketones is 1. The van der Waals surface area contributed by atoms with E-state index in [-0.39, 0.29) is 15.6 Å². The summed E-state index contributed by atoms with van der Waals surface area (Å²) < 4.78 is 5.12. The van der Waals surface area contributed by atoms with Gasteiger partial charge in [0.15, 0.2) is 5.78 Å². The zero-order valence-corrected chi connectivity index (χ0v) is 20.3. The summed E-state index contributed by atoms with van der Waals surface area (Å²) in [5.41, 5.74) is 0.429. The highest BCUT2D eigenvalue weighted by atomic mass is 35.5. The monoisotopic (exact) mass is 502 g/mol. The molecule has 1 aliphatic carbocycles. The van der Waals surface area contributed by atoms with Crippen molar-refractivity contribution in [3.63, 3.8) is 0 Å². The number of methoxy groups -OCH3 is 1. The summed E-state index contributed by atoms with van der Waals surface area (Å²) in [5, 5.41) is 2.22. The Morgan fingerprint density at radius 2 is 1.62 bits per heavy atom. The van der Waals surface area contributed by atoms with Gasteiger partial charge in [0.1, 0.15) is 12.3 Å². The number of fused-ring (bicyclic) bond motifs is 1. The van der Waals surface area contributed by atoms with Gasteiger partial charge in [0.25, 0.3) is 17.7 Å². The fourth-order valence-electron chi connectivity index (χ4n) is 4.63. The predicted octanol–water partition coefficient (Wildman–Crippen LogP) is 4.66. The standard InChI is InChI=1S/C25H24Cl2N2O5/c1-14-3-9-18-19(11-14)25(33)29(24(18)32)28(23(31)16-6-10-20(26)21(27)12-16)13-22(30)15-4-7-17(34-2)8-5-15/h4-8,10,12,14,18-19H,3,9,11,13H2,1-2H3/t14-,18-,19+/m1/s1. The molecule has 9 heteroatoms. The molecular formula is C25H24Cl2N2O5. The first-order valence-electron chi connectivity index (χ1n) is 11.0. The molecule has 1 saturated heterocycles. The van der Waals surface area contributed by atoms with Crippen molar-refractivity contribution >= 4 is 46.7 Å². The molecule has 2 aromatic carbocycles. The average Bonchev–Trinajstić information content (AvgIpc) is 3.07. The molecule has 2 fully saturated rings. The number of amides is 3. The van der Waals surface area contributed by atoms with E-state index in [0.717, 1.165) is 16.4 Å². The molecule has 0 bridgehead atoms. The molecule has 2 aliphatic rings. The van der Waals surface area contributed by atoms with E-state index in [1.807, 2.05) is 6.92 Å². The van der Waals surface area contributed by atoms with E-state index in [4.69, 9.17) is 27.9 Å². The maximum absolute atomic E-state index is 13.5. The van der Waals surface area contributed by atoms with Crippen LogP contribution >= 0.6 is 23.2 Å². The Bertz CT molecular complexity index is 1150. The summed E-state index contributed by atoms with van der Waals surface area (Å²) in [6, 6.07) is 10.6. The molecule has 0 N–H and O–H groups in total. The van der Waals surface area contributed by atoms with Crippen LogP contribution in [0.15, 0.2) is 42.5 Å². The number of carbonyl (C=O) groups excluding carboxylic acids is 4. The van der Waals surface area contributed by atoms with Gasteiger partial charge in [0.05, 0.1) is 29.0 Å². The van der Waals surface area contributed by atoms with E-state index in [1.165, 1.54) is 25.3 Å². The summed E-state index contributed by atoms with van der Waals surface area (Å²) >= 11 is 12.1. The molecule has 0 unspecified atom stereocenters. The number of halogens is 2. The van der Waals surface area contributed by atoms with Crippen molar-refractivity contribution in [3.8, 4) is 5.75 Å². The Morgan fingerprint density at radius 3 is 2.26 bits per heavy atom. The minimum Gasteiger partial charge on any atom is -0.497 e. The third-order valence-corrected chi connectivity index (χ3v) is 7.25. The molecule has 1 heterocycles. The number of rotatable bonds is 6. The van der Waals surface area contributed by atoms with Gasteiger partial charge >= 0.3 is 0 Å². The molecule has 0 radical (unpaired) electrons. The van der Waals surface area contributed by atoms with Crippen LogP contribution in [0.25, 0.3) is 0 Å². The number of nitrogens with zero attached hydrogens (tertiary/aromatic N) is 2. The van der Waals surface area contributed by atoms with Crippen LogP contribution in [0.5, 0.6) is 5.75 Å². The van der Waals surface area contributed by atoms with Gasteiger partial charge in [-0.15, -0.1) is 0 Å². The maximum Gasteiger partial charge on any atom is 0.273 e. The Morgan fingerprint density at radius 1 is 0.971 bits per heavy atom. The molecule has 0 spiro atoms. The molecule has 1 aliphatic heterocycles. The lowest BCUT2D eigenvalue weighted by atomic mass is 9.76. The van der Waals surface area contributed by atoms with E-state index in [2.05, 4.69) is 0 Å². The van der Waals surface area contributed by atoms with Crippen molar-refractivity contribution in [2.45, 2.75) is 26.2 Å². The zero-order chi connectivity index (χ0) is 24.6. The topological polar surface area (TPSA) is 84.0 Å². The molecule has 1 saturated carbocycles. The maximum atomic E-state index is 13.5. The molecule has 34 heavy (non-hydrogen) atoms. The van der Waals surface area contributed by atoms with Gasteiger partial charge in [0, 0.05) is 11.1 Å². The van der Waals surface area contributed by atoms with Gasteiger partial charge in [0.2, 0.25) is 0 Å². The number of Topliss-reactive ketones (excluding diaryl/α,β-unsaturated/α-hetero) is 1. The van der Waals surface area contributed by atoms with E-state index in [9.17, 15) is 19.2 Å². The van der Waals surface area contributed by atoms with Crippen LogP contribution in [0, 0.1) is 17.8 Å². The van der Waals surface area contributed by atoms with Crippen molar-refractivity contribution in [3.05, 3.63) is 63.6 Å². The van der Waals surface area contributed by atoms with Crippen LogP contribution in [0.3, 0.4) is 0 Å². The Balaban J connectivity index is 1.69. The highest BCUT2D eigenvalue weighted by Gasteiger charge is 2.52. The van der Waals surface area contributed by atoms with Crippen molar-refractivity contribution in [2.75, 3.05) is 13.7 Å². The van der Waals surface area contributed by atoms with Crippen LogP contribution in [-0.4, -0.2) is 47.2 Å². The number of imide groups is 1. The highest BCUT2D eigenvalue weighted by Crippen LogP contribution is 2.41. The number of ether oxygens (including phenoxy) is 1. The average molecular weight is 503 g/mol. The van der Waals surface area contributed by atoms with Crippen molar-refractivity contribution in [1.82, 2.24) is 10.0 Å². The number of hydrogen-bond acceptors (Lipinski definition) is 5. The second-order valence-electron chi connectivity index (χ2n) is 8.76. The Hall–Kier alpha value is -2.90. The quantitative estimate of drug-likeness (QED) is 0.423. The predicted molar refractivity (Wildman–Crippen MR) is 127 cm³/mol. The molecule has 0 aromatic heterocycles. The number of carbonyl (C=O) groups is 4. The molecule has 2 aromatic rings. The second kappa shape index (κ2) is 9.76.